The monoisotopic (exact) mass is 1300 g/mol. The maximum atomic E-state index is 12.9. The number of rotatable bonds is 59. The van der Waals surface area contributed by atoms with E-state index < -0.39 is 41.1 Å². The first-order chi connectivity index (χ1) is 42.9. The Morgan fingerprint density at radius 1 is 0.444 bits per heavy atom. The van der Waals surface area contributed by atoms with Crippen molar-refractivity contribution < 1.29 is 94.3 Å². The number of nitrogens with zero attached hydrogens (tertiary/aromatic N) is 2. The van der Waals surface area contributed by atoms with Crippen LogP contribution in [0.3, 0.4) is 0 Å². The summed E-state index contributed by atoms with van der Waals surface area (Å²) in [6.45, 7) is 16.2. The summed E-state index contributed by atoms with van der Waals surface area (Å²) in [5.74, 6) is -2.92. The zero-order chi connectivity index (χ0) is 67.3. The van der Waals surface area contributed by atoms with Gasteiger partial charge in [0.15, 0.2) is 0 Å². The van der Waals surface area contributed by atoms with Crippen LogP contribution in [0.4, 0.5) is 0 Å². The minimum absolute atomic E-state index is 0. The molecule has 0 aliphatic heterocycles. The number of oxime groups is 2. The molecule has 1 unspecified atom stereocenters. The molecule has 34 nitrogen and oxygen atoms in total. The average molecular weight is 1300 g/mol. The summed E-state index contributed by atoms with van der Waals surface area (Å²) in [6.07, 6.45) is 2.26. The van der Waals surface area contributed by atoms with Crippen molar-refractivity contribution in [2.45, 2.75) is 136 Å². The van der Waals surface area contributed by atoms with Gasteiger partial charge >= 0.3 is 0 Å². The van der Waals surface area contributed by atoms with Gasteiger partial charge in [-0.15, -0.1) is 0 Å². The number of unbranched alkanes of at least 4 members (excludes halogenated alkanes) is 1. The van der Waals surface area contributed by atoms with Crippen molar-refractivity contribution in [1.29, 1.82) is 0 Å². The Balaban J connectivity index is -0.0000396. The van der Waals surface area contributed by atoms with Crippen LogP contribution in [0, 0.1) is 0 Å². The number of hydrogen-bond donors (Lipinski definition) is 15. The Hall–Kier alpha value is -6.31. The van der Waals surface area contributed by atoms with E-state index in [0.717, 1.165) is 0 Å². The smallest absolute Gasteiger partial charge is 0.247 e. The van der Waals surface area contributed by atoms with E-state index >= 15 is 0 Å². The van der Waals surface area contributed by atoms with Gasteiger partial charge < -0.3 is 113 Å². The third-order valence-electron chi connectivity index (χ3n) is 13.0. The molecule has 0 aliphatic carbocycles. The Morgan fingerprint density at radius 3 is 1.17 bits per heavy atom. The van der Waals surface area contributed by atoms with E-state index in [-0.39, 0.29) is 208 Å². The van der Waals surface area contributed by atoms with Crippen LogP contribution in [0.5, 0.6) is 0 Å². The molecule has 9 amide bonds. The van der Waals surface area contributed by atoms with E-state index in [9.17, 15) is 53.6 Å². The predicted molar refractivity (Wildman–Crippen MR) is 334 cm³/mol. The van der Waals surface area contributed by atoms with E-state index in [0.29, 0.717) is 63.2 Å². The van der Waals surface area contributed by atoms with Gasteiger partial charge in [-0.3, -0.25) is 48.5 Å². The first kappa shape index (κ1) is 83.7. The largest absolute Gasteiger partial charge is 0.411 e. The molecule has 0 aromatic rings. The van der Waals surface area contributed by atoms with Gasteiger partial charge in [-0.2, -0.15) is 0 Å². The number of carbonyl (C=O) groups is 9. The van der Waals surface area contributed by atoms with Crippen LogP contribution in [0.15, 0.2) is 10.3 Å². The molecular weight excluding hydrogens is 1190 g/mol. The molecule has 0 radical (unpaired) electrons. The van der Waals surface area contributed by atoms with E-state index in [1.54, 1.807) is 20.8 Å². The van der Waals surface area contributed by atoms with E-state index in [1.165, 1.54) is 0 Å². The first-order valence-electron chi connectivity index (χ1n) is 30.4. The normalized spacial score (nSPS) is 12.9. The summed E-state index contributed by atoms with van der Waals surface area (Å²) in [7, 11) is 0. The van der Waals surface area contributed by atoms with E-state index in [1.807, 2.05) is 27.7 Å². The van der Waals surface area contributed by atoms with Crippen molar-refractivity contribution in [3.8, 4) is 0 Å². The number of primary amides is 1. The summed E-state index contributed by atoms with van der Waals surface area (Å²) < 4.78 is 42.6. The third kappa shape index (κ3) is 49.5. The second-order valence-corrected chi connectivity index (χ2v) is 21.6. The molecule has 0 aromatic carbocycles. The fourth-order valence-electron chi connectivity index (χ4n) is 7.18. The molecule has 0 bridgehead atoms. The molecule has 0 heterocycles. The Bertz CT molecular complexity index is 2090. The number of carbonyl (C=O) groups excluding carboxylic acids is 9. The molecule has 2 atom stereocenters. The van der Waals surface area contributed by atoms with Gasteiger partial charge in [-0.05, 0) is 80.6 Å². The Morgan fingerprint density at radius 2 is 0.789 bits per heavy atom. The van der Waals surface area contributed by atoms with Crippen molar-refractivity contribution in [2.24, 2.45) is 21.8 Å². The van der Waals surface area contributed by atoms with Gasteiger partial charge in [0.05, 0.1) is 127 Å². The van der Waals surface area contributed by atoms with E-state index in [4.69, 9.17) is 49.4 Å². The summed E-state index contributed by atoms with van der Waals surface area (Å²) in [5.41, 5.74) is 10.6. The highest BCUT2D eigenvalue weighted by Gasteiger charge is 2.27. The first-order valence-corrected chi connectivity index (χ1v) is 30.4. The number of nitrogens with one attached hydrogen (secondary N) is 11. The van der Waals surface area contributed by atoms with Crippen LogP contribution in [0.1, 0.15) is 109 Å². The quantitative estimate of drug-likeness (QED) is 0.00926. The van der Waals surface area contributed by atoms with Crippen LogP contribution in [0.25, 0.3) is 0 Å². The zero-order valence-electron chi connectivity index (χ0n) is 54.0. The minimum Gasteiger partial charge on any atom is -0.411 e. The fourth-order valence-corrected chi connectivity index (χ4v) is 7.18. The maximum absolute atomic E-state index is 12.9. The fraction of sp³-hybridized carbons (Fsp3) is 0.804. The van der Waals surface area contributed by atoms with Gasteiger partial charge in [0.25, 0.3) is 0 Å². The highest BCUT2D eigenvalue weighted by molar-refractivity contribution is 5.90. The topological polar surface area (TPSA) is 477 Å². The summed E-state index contributed by atoms with van der Waals surface area (Å²) in [6, 6.07) is -1.12. The average Bonchev–Trinajstić information content (AvgIpc) is 1.38. The molecule has 0 rings (SSSR count). The number of ether oxygens (including phenoxy) is 8. The molecule has 34 heteroatoms. The van der Waals surface area contributed by atoms with Crippen LogP contribution >= 0.6 is 0 Å². The van der Waals surface area contributed by atoms with Crippen molar-refractivity contribution in [2.75, 3.05) is 158 Å². The summed E-state index contributed by atoms with van der Waals surface area (Å²) >= 11 is 0. The molecule has 0 saturated carbocycles. The summed E-state index contributed by atoms with van der Waals surface area (Å²) in [4.78, 5) is 109. The highest BCUT2D eigenvalue weighted by Crippen LogP contribution is 2.09. The van der Waals surface area contributed by atoms with Crippen LogP contribution < -0.4 is 70.0 Å². The molecule has 0 aromatic heterocycles. The molecule has 0 saturated heterocycles. The molecule has 0 fully saturated rings. The van der Waals surface area contributed by atoms with Crippen LogP contribution in [-0.4, -0.2) is 263 Å². The third-order valence-corrected chi connectivity index (χ3v) is 13.0. The van der Waals surface area contributed by atoms with Gasteiger partial charge in [0.1, 0.15) is 26.4 Å². The SMILES string of the molecule is C/C(=N\O)C(C)(C)NCC(CNC(C)(C)/C(C)=N/O)NC(=O)CCCC(=O)NCCCC[C@H](NCNC(=O)COCCOCCNC(=O)COCCOCCNC(=O)CCCC(=O)NCCOCCOCC(=O)NCCOCCOCC(=O)NC(C)N)C(N)=O.[HH].[HH]. The van der Waals surface area contributed by atoms with Crippen LogP contribution in [0.2, 0.25) is 0 Å². The molecule has 17 N–H and O–H groups in total. The lowest BCUT2D eigenvalue weighted by molar-refractivity contribution is -0.128. The second kappa shape index (κ2) is 53.4. The molecule has 90 heavy (non-hydrogen) atoms. The standard InChI is InChI=1S/C56H107N15O19.2H2/c1-41(70-81)55(4,5)66-34-44(35-67-56(6,7)42(2)71-82)69-49(75)16-11-15-46(72)59-17-9-8-12-45(54(58)80)64-40-65-52(78)38-89-32-28-85-24-20-62-50(76)36-87-30-26-83-22-18-60-47(73)13-10-14-48(74)61-19-23-84-27-31-88-37-51(77)63-21-25-86-29-33-90-39-53(79)68-43(3)57;;/h43-45,64,66-67,81-82H,8-40,57H2,1-7H3,(H2,58,80)(H,59,72)(H,60,73)(H,61,74)(H,62,76)(H,63,77)(H,65,78)(H,68,79)(H,69,75);2*1H/b70-41+,71-42+;;/t43?,45-;;/m0../s1. The Kier molecular flexibility index (Phi) is 49.6. The van der Waals surface area contributed by atoms with Crippen molar-refractivity contribution in [3.63, 3.8) is 0 Å². The van der Waals surface area contributed by atoms with Crippen LogP contribution in [-0.2, 0) is 81.0 Å². The molecule has 0 spiro atoms. The Labute approximate surface area is 531 Å². The minimum atomic E-state index is -0.724. The lowest BCUT2D eigenvalue weighted by Gasteiger charge is -2.32. The van der Waals surface area contributed by atoms with Gasteiger partial charge in [-0.25, -0.2) is 0 Å². The zero-order valence-corrected chi connectivity index (χ0v) is 54.0. The molecule has 524 valence electrons. The lowest BCUT2D eigenvalue weighted by atomic mass is 9.98. The number of amides is 9. The van der Waals surface area contributed by atoms with Gasteiger partial charge in [0, 0.05) is 74.3 Å². The summed E-state index contributed by atoms with van der Waals surface area (Å²) in [5, 5.41) is 56.2. The number of hydrogen-bond acceptors (Lipinski definition) is 25. The predicted octanol–water partition coefficient (Wildman–Crippen LogP) is -3.44. The van der Waals surface area contributed by atoms with E-state index in [2.05, 4.69) is 68.8 Å². The van der Waals surface area contributed by atoms with Gasteiger partial charge in [0.2, 0.25) is 53.2 Å². The maximum Gasteiger partial charge on any atom is 0.247 e. The molecule has 0 aliphatic rings. The van der Waals surface area contributed by atoms with Crippen molar-refractivity contribution >= 4 is 64.6 Å². The lowest BCUT2D eigenvalue weighted by Crippen LogP contribution is -2.57. The highest BCUT2D eigenvalue weighted by atomic mass is 16.5. The molecular formula is C56H111N15O19. The van der Waals surface area contributed by atoms with Crippen molar-refractivity contribution in [1.82, 2.24) is 58.5 Å². The van der Waals surface area contributed by atoms with Crippen molar-refractivity contribution in [3.05, 3.63) is 0 Å². The second-order valence-electron chi connectivity index (χ2n) is 21.6. The van der Waals surface area contributed by atoms with Gasteiger partial charge in [-0.1, -0.05) is 10.3 Å². The number of nitrogens with two attached hydrogens (primary N) is 2.